The summed E-state index contributed by atoms with van der Waals surface area (Å²) in [6.07, 6.45) is 0.993. The van der Waals surface area contributed by atoms with Crippen molar-refractivity contribution in [3.8, 4) is 11.5 Å². The Morgan fingerprint density at radius 2 is 1.83 bits per heavy atom. The van der Waals surface area contributed by atoms with E-state index in [0.29, 0.717) is 12.1 Å². The molecule has 0 aliphatic heterocycles. The van der Waals surface area contributed by atoms with E-state index in [9.17, 15) is 10.2 Å². The summed E-state index contributed by atoms with van der Waals surface area (Å²) in [7, 11) is 0. The predicted octanol–water partition coefficient (Wildman–Crippen LogP) is 3.27. The maximum absolute atomic E-state index is 9.69. The fraction of sp³-hybridized carbons (Fsp3) is 0.200. The lowest BCUT2D eigenvalue weighted by atomic mass is 10.1. The van der Waals surface area contributed by atoms with Crippen LogP contribution in [0.1, 0.15) is 18.1 Å². The molecule has 0 aromatic heterocycles. The summed E-state index contributed by atoms with van der Waals surface area (Å²) >= 11 is 0. The lowest BCUT2D eigenvalue weighted by Gasteiger charge is -2.10. The third-order valence-electron chi connectivity index (χ3n) is 2.92. The van der Waals surface area contributed by atoms with E-state index >= 15 is 0 Å². The average molecular weight is 243 g/mol. The maximum Gasteiger partial charge on any atom is 0.162 e. The molecule has 0 bridgehead atoms. The highest BCUT2D eigenvalue weighted by Gasteiger charge is 2.05. The van der Waals surface area contributed by atoms with E-state index in [4.69, 9.17) is 0 Å². The molecular formula is C15H17NO2. The molecule has 2 rings (SSSR count). The van der Waals surface area contributed by atoms with Gasteiger partial charge in [0.25, 0.3) is 0 Å². The molecule has 3 N–H and O–H groups in total. The predicted molar refractivity (Wildman–Crippen MR) is 72.9 cm³/mol. The van der Waals surface area contributed by atoms with Gasteiger partial charge in [0.05, 0.1) is 0 Å². The zero-order valence-corrected chi connectivity index (χ0v) is 10.4. The number of hydrogen-bond donors (Lipinski definition) is 3. The third-order valence-corrected chi connectivity index (χ3v) is 2.92. The average Bonchev–Trinajstić information content (AvgIpc) is 2.41. The van der Waals surface area contributed by atoms with Crippen molar-refractivity contribution in [1.29, 1.82) is 0 Å². The minimum Gasteiger partial charge on any atom is -0.504 e. The van der Waals surface area contributed by atoms with Crippen molar-refractivity contribution < 1.29 is 10.2 Å². The van der Waals surface area contributed by atoms with Crippen molar-refractivity contribution in [2.75, 3.05) is 5.32 Å². The van der Waals surface area contributed by atoms with Crippen molar-refractivity contribution in [3.05, 3.63) is 53.6 Å². The van der Waals surface area contributed by atoms with E-state index < -0.39 is 0 Å². The van der Waals surface area contributed by atoms with Crippen molar-refractivity contribution >= 4 is 5.69 Å². The first kappa shape index (κ1) is 12.3. The first-order valence-corrected chi connectivity index (χ1v) is 6.03. The normalized spacial score (nSPS) is 10.3. The molecule has 2 aromatic rings. The molecule has 0 saturated heterocycles. The monoisotopic (exact) mass is 243 g/mol. The zero-order chi connectivity index (χ0) is 13.0. The summed E-state index contributed by atoms with van der Waals surface area (Å²) in [5.41, 5.74) is 2.95. The van der Waals surface area contributed by atoms with E-state index in [-0.39, 0.29) is 11.5 Å². The minimum atomic E-state index is -0.0865. The fourth-order valence-corrected chi connectivity index (χ4v) is 1.82. The maximum atomic E-state index is 9.69. The van der Waals surface area contributed by atoms with Crippen LogP contribution >= 0.6 is 0 Å². The highest BCUT2D eigenvalue weighted by molar-refractivity contribution is 5.49. The van der Waals surface area contributed by atoms with Gasteiger partial charge in [-0.15, -0.1) is 0 Å². The summed E-state index contributed by atoms with van der Waals surface area (Å²) in [4.78, 5) is 0. The number of hydrogen-bond acceptors (Lipinski definition) is 3. The number of anilines is 1. The third kappa shape index (κ3) is 2.74. The summed E-state index contributed by atoms with van der Waals surface area (Å²) in [6.45, 7) is 2.59. The van der Waals surface area contributed by atoms with Gasteiger partial charge in [-0.25, -0.2) is 0 Å². The van der Waals surface area contributed by atoms with Crippen LogP contribution in [0.4, 0.5) is 5.69 Å². The van der Waals surface area contributed by atoms with Crippen molar-refractivity contribution in [1.82, 2.24) is 0 Å². The van der Waals surface area contributed by atoms with Crippen LogP contribution in [0, 0.1) is 0 Å². The van der Waals surface area contributed by atoms with Crippen LogP contribution in [0.2, 0.25) is 0 Å². The molecule has 0 heterocycles. The standard InChI is InChI=1S/C15H17NO2/c1-2-11-5-3-7-13(9-11)16-10-12-6-4-8-14(17)15(12)18/h3-9,16-18H,2,10H2,1H3. The Bertz CT molecular complexity index is 538. The number of benzene rings is 2. The number of phenolic OH excluding ortho intramolecular Hbond substituents is 2. The lowest BCUT2D eigenvalue weighted by Crippen LogP contribution is -2.00. The van der Waals surface area contributed by atoms with Gasteiger partial charge in [0, 0.05) is 17.8 Å². The number of aryl methyl sites for hydroxylation is 1. The van der Waals surface area contributed by atoms with Gasteiger partial charge in [-0.3, -0.25) is 0 Å². The van der Waals surface area contributed by atoms with Crippen LogP contribution in [0.25, 0.3) is 0 Å². The molecule has 18 heavy (non-hydrogen) atoms. The number of nitrogens with one attached hydrogen (secondary N) is 1. The summed E-state index contributed by atoms with van der Waals surface area (Å²) < 4.78 is 0. The molecule has 0 aliphatic rings. The molecule has 3 heteroatoms. The Morgan fingerprint density at radius 1 is 1.06 bits per heavy atom. The van der Waals surface area contributed by atoms with E-state index in [1.54, 1.807) is 12.1 Å². The van der Waals surface area contributed by atoms with Gasteiger partial charge in [0.2, 0.25) is 0 Å². The SMILES string of the molecule is CCc1cccc(NCc2cccc(O)c2O)c1. The Morgan fingerprint density at radius 3 is 2.61 bits per heavy atom. The topological polar surface area (TPSA) is 52.5 Å². The van der Waals surface area contributed by atoms with Crippen LogP contribution in [0.5, 0.6) is 11.5 Å². The Kier molecular flexibility index (Phi) is 3.72. The first-order valence-electron chi connectivity index (χ1n) is 6.03. The van der Waals surface area contributed by atoms with Gasteiger partial charge in [0.1, 0.15) is 0 Å². The molecule has 3 nitrogen and oxygen atoms in total. The van der Waals surface area contributed by atoms with Crippen LogP contribution < -0.4 is 5.32 Å². The quantitative estimate of drug-likeness (QED) is 0.722. The Hall–Kier alpha value is -2.16. The molecule has 0 spiro atoms. The molecule has 0 unspecified atom stereocenters. The van der Waals surface area contributed by atoms with Crippen molar-refractivity contribution in [2.45, 2.75) is 19.9 Å². The van der Waals surface area contributed by atoms with Crippen molar-refractivity contribution in [2.24, 2.45) is 0 Å². The second-order valence-corrected chi connectivity index (χ2v) is 4.19. The number of para-hydroxylation sites is 1. The van der Waals surface area contributed by atoms with Gasteiger partial charge in [0.15, 0.2) is 11.5 Å². The highest BCUT2D eigenvalue weighted by Crippen LogP contribution is 2.28. The Labute approximate surface area is 107 Å². The molecule has 0 saturated carbocycles. The molecule has 0 radical (unpaired) electrons. The zero-order valence-electron chi connectivity index (χ0n) is 10.4. The molecule has 0 fully saturated rings. The van der Waals surface area contributed by atoms with Crippen LogP contribution in [-0.4, -0.2) is 10.2 Å². The summed E-state index contributed by atoms with van der Waals surface area (Å²) in [5.74, 6) is -0.145. The van der Waals surface area contributed by atoms with E-state index in [1.807, 2.05) is 12.1 Å². The van der Waals surface area contributed by atoms with Crippen LogP contribution in [0.15, 0.2) is 42.5 Å². The highest BCUT2D eigenvalue weighted by atomic mass is 16.3. The Balaban J connectivity index is 2.09. The first-order chi connectivity index (χ1) is 8.70. The van der Waals surface area contributed by atoms with E-state index in [1.165, 1.54) is 11.6 Å². The van der Waals surface area contributed by atoms with Crippen LogP contribution in [0.3, 0.4) is 0 Å². The molecule has 2 aromatic carbocycles. The van der Waals surface area contributed by atoms with E-state index in [2.05, 4.69) is 24.4 Å². The van der Waals surface area contributed by atoms with Gasteiger partial charge in [-0.1, -0.05) is 31.2 Å². The molecule has 0 aliphatic carbocycles. The van der Waals surface area contributed by atoms with E-state index in [0.717, 1.165) is 12.1 Å². The second-order valence-electron chi connectivity index (χ2n) is 4.19. The number of aromatic hydroxyl groups is 2. The smallest absolute Gasteiger partial charge is 0.162 e. The molecule has 0 amide bonds. The van der Waals surface area contributed by atoms with Crippen molar-refractivity contribution in [3.63, 3.8) is 0 Å². The molecular weight excluding hydrogens is 226 g/mol. The van der Waals surface area contributed by atoms with Gasteiger partial charge < -0.3 is 15.5 Å². The largest absolute Gasteiger partial charge is 0.504 e. The molecule has 0 atom stereocenters. The lowest BCUT2D eigenvalue weighted by molar-refractivity contribution is 0.400. The molecule has 94 valence electrons. The van der Waals surface area contributed by atoms with Gasteiger partial charge in [-0.05, 0) is 30.2 Å². The van der Waals surface area contributed by atoms with Crippen LogP contribution in [-0.2, 0) is 13.0 Å². The second kappa shape index (κ2) is 5.45. The fourth-order valence-electron chi connectivity index (χ4n) is 1.82. The minimum absolute atomic E-state index is 0.0587. The number of rotatable bonds is 4. The van der Waals surface area contributed by atoms with Gasteiger partial charge in [-0.2, -0.15) is 0 Å². The number of phenols is 2. The summed E-state index contributed by atoms with van der Waals surface area (Å²) in [5, 5.41) is 22.3. The summed E-state index contributed by atoms with van der Waals surface area (Å²) in [6, 6.07) is 13.1. The van der Waals surface area contributed by atoms with Gasteiger partial charge >= 0.3 is 0 Å².